The maximum Gasteiger partial charge on any atom is 0.233 e. The zero-order valence-corrected chi connectivity index (χ0v) is 18.0. The molecule has 0 spiro atoms. The van der Waals surface area contributed by atoms with Gasteiger partial charge in [0.25, 0.3) is 0 Å². The van der Waals surface area contributed by atoms with E-state index >= 15 is 0 Å². The van der Waals surface area contributed by atoms with Crippen molar-refractivity contribution in [3.63, 3.8) is 0 Å². The second-order valence-corrected chi connectivity index (χ2v) is 7.98. The predicted molar refractivity (Wildman–Crippen MR) is 120 cm³/mol. The van der Waals surface area contributed by atoms with Crippen LogP contribution < -0.4 is 31.3 Å². The van der Waals surface area contributed by atoms with Gasteiger partial charge in [-0.2, -0.15) is 15.0 Å². The van der Waals surface area contributed by atoms with Gasteiger partial charge in [-0.05, 0) is 50.9 Å². The second-order valence-electron chi connectivity index (χ2n) is 7.98. The number of rotatable bonds is 9. The highest BCUT2D eigenvalue weighted by Crippen LogP contribution is 2.24. The van der Waals surface area contributed by atoms with E-state index in [0.717, 1.165) is 38.9 Å². The molecule has 0 aliphatic carbocycles. The van der Waals surface area contributed by atoms with Crippen LogP contribution in [0.5, 0.6) is 5.75 Å². The largest absolute Gasteiger partial charge is 0.494 e. The molecular formula is C21H31FN8O. The smallest absolute Gasteiger partial charge is 0.233 e. The van der Waals surface area contributed by atoms with Crippen LogP contribution in [0.1, 0.15) is 32.6 Å². The van der Waals surface area contributed by atoms with Gasteiger partial charge in [-0.25, -0.2) is 4.39 Å². The molecule has 31 heavy (non-hydrogen) atoms. The maximum absolute atomic E-state index is 14.1. The van der Waals surface area contributed by atoms with Gasteiger partial charge in [0.1, 0.15) is 0 Å². The van der Waals surface area contributed by atoms with Gasteiger partial charge >= 0.3 is 0 Å². The molecule has 2 fully saturated rings. The van der Waals surface area contributed by atoms with Gasteiger partial charge in [0, 0.05) is 36.4 Å². The highest BCUT2D eigenvalue weighted by Gasteiger charge is 2.24. The van der Waals surface area contributed by atoms with Crippen molar-refractivity contribution in [3.05, 3.63) is 24.0 Å². The zero-order chi connectivity index (χ0) is 21.6. The van der Waals surface area contributed by atoms with E-state index in [2.05, 4.69) is 48.5 Å². The minimum absolute atomic E-state index is 0.189. The summed E-state index contributed by atoms with van der Waals surface area (Å²) >= 11 is 0. The summed E-state index contributed by atoms with van der Waals surface area (Å²) in [6.45, 7) is 5.03. The van der Waals surface area contributed by atoms with Crippen molar-refractivity contribution in [2.24, 2.45) is 0 Å². The van der Waals surface area contributed by atoms with Gasteiger partial charge in [0.15, 0.2) is 11.6 Å². The fourth-order valence-electron chi connectivity index (χ4n) is 4.10. The second kappa shape index (κ2) is 10.1. The lowest BCUT2D eigenvalue weighted by molar-refractivity contribution is 0.386. The summed E-state index contributed by atoms with van der Waals surface area (Å²) < 4.78 is 19.1. The number of hydrogen-bond acceptors (Lipinski definition) is 9. The summed E-state index contributed by atoms with van der Waals surface area (Å²) in [6.07, 6.45) is 4.26. The van der Waals surface area contributed by atoms with Gasteiger partial charge in [-0.3, -0.25) is 0 Å². The summed E-state index contributed by atoms with van der Waals surface area (Å²) in [5, 5.41) is 16.8. The Morgan fingerprint density at radius 3 is 2.68 bits per heavy atom. The van der Waals surface area contributed by atoms with E-state index in [1.165, 1.54) is 19.6 Å². The molecule has 2 aliphatic rings. The summed E-state index contributed by atoms with van der Waals surface area (Å²) in [5.74, 6) is 1.09. The molecule has 5 N–H and O–H groups in total. The van der Waals surface area contributed by atoms with Crippen molar-refractivity contribution in [1.82, 2.24) is 25.6 Å². The molecule has 1 aromatic heterocycles. The summed E-state index contributed by atoms with van der Waals surface area (Å²) in [7, 11) is 1.44. The first-order valence-electron chi connectivity index (χ1n) is 11.0. The van der Waals surface area contributed by atoms with Crippen molar-refractivity contribution in [1.29, 1.82) is 0 Å². The standard InChI is InChI=1S/C21H31FN8O/c1-3-16(17-5-4-9-24-17)27-21-29-19(25-13-6-7-18(31-2)15(22)11-13)28-20(30-21)26-14-8-10-23-12-14/h6-7,11,14,16-17,23-24H,3-5,8-10,12H2,1-2H3,(H3,25,26,27,28,29,30). The monoisotopic (exact) mass is 430 g/mol. The minimum Gasteiger partial charge on any atom is -0.494 e. The molecule has 9 nitrogen and oxygen atoms in total. The number of benzene rings is 1. The van der Waals surface area contributed by atoms with Gasteiger partial charge < -0.3 is 31.3 Å². The average molecular weight is 431 g/mol. The number of aromatic nitrogens is 3. The van der Waals surface area contributed by atoms with E-state index in [9.17, 15) is 4.39 Å². The number of halogens is 1. The van der Waals surface area contributed by atoms with Crippen LogP contribution in [0.25, 0.3) is 0 Å². The molecule has 0 radical (unpaired) electrons. The molecule has 3 atom stereocenters. The molecule has 0 amide bonds. The Hall–Kier alpha value is -2.72. The Labute approximate surface area is 182 Å². The Morgan fingerprint density at radius 2 is 2.00 bits per heavy atom. The molecule has 1 aromatic carbocycles. The van der Waals surface area contributed by atoms with Crippen molar-refractivity contribution >= 4 is 23.5 Å². The van der Waals surface area contributed by atoms with Crippen molar-refractivity contribution in [2.45, 2.75) is 50.7 Å². The molecular weight excluding hydrogens is 399 g/mol. The topological polar surface area (TPSA) is 108 Å². The molecule has 10 heteroatoms. The number of nitrogens with zero attached hydrogens (tertiary/aromatic N) is 3. The third-order valence-corrected chi connectivity index (χ3v) is 5.78. The van der Waals surface area contributed by atoms with Gasteiger partial charge in [0.2, 0.25) is 17.8 Å². The first-order valence-corrected chi connectivity index (χ1v) is 11.0. The predicted octanol–water partition coefficient (Wildman–Crippen LogP) is 2.48. The molecule has 3 heterocycles. The zero-order valence-electron chi connectivity index (χ0n) is 18.0. The Bertz CT molecular complexity index is 870. The van der Waals surface area contributed by atoms with E-state index in [0.29, 0.717) is 29.6 Å². The average Bonchev–Trinajstić information content (AvgIpc) is 3.46. The van der Waals surface area contributed by atoms with Crippen molar-refractivity contribution < 1.29 is 9.13 Å². The molecule has 4 rings (SSSR count). The number of ether oxygens (including phenoxy) is 1. The fourth-order valence-corrected chi connectivity index (χ4v) is 4.10. The van der Waals surface area contributed by atoms with Crippen molar-refractivity contribution in [2.75, 3.05) is 42.7 Å². The Morgan fingerprint density at radius 1 is 1.16 bits per heavy atom. The third kappa shape index (κ3) is 5.50. The van der Waals surface area contributed by atoms with Crippen LogP contribution in [-0.4, -0.2) is 59.8 Å². The first-order chi connectivity index (χ1) is 15.1. The lowest BCUT2D eigenvalue weighted by atomic mass is 10.0. The Balaban J connectivity index is 1.56. The van der Waals surface area contributed by atoms with Crippen LogP contribution in [0.2, 0.25) is 0 Å². The van der Waals surface area contributed by atoms with Gasteiger partial charge in [0.05, 0.1) is 7.11 Å². The molecule has 2 aromatic rings. The van der Waals surface area contributed by atoms with E-state index in [1.807, 2.05) is 0 Å². The Kier molecular flexibility index (Phi) is 6.98. The summed E-state index contributed by atoms with van der Waals surface area (Å²) in [5.41, 5.74) is 0.536. The lowest BCUT2D eigenvalue weighted by Gasteiger charge is -2.24. The van der Waals surface area contributed by atoms with E-state index in [4.69, 9.17) is 4.74 Å². The van der Waals surface area contributed by atoms with Crippen LogP contribution in [-0.2, 0) is 0 Å². The molecule has 2 saturated heterocycles. The van der Waals surface area contributed by atoms with E-state index < -0.39 is 5.82 Å². The molecule has 3 unspecified atom stereocenters. The highest BCUT2D eigenvalue weighted by atomic mass is 19.1. The first kappa shape index (κ1) is 21.5. The van der Waals surface area contributed by atoms with Crippen LogP contribution in [0.15, 0.2) is 18.2 Å². The maximum atomic E-state index is 14.1. The number of nitrogens with one attached hydrogen (secondary N) is 5. The number of hydrogen-bond donors (Lipinski definition) is 5. The SMILES string of the molecule is CCC(Nc1nc(Nc2ccc(OC)c(F)c2)nc(NC2CCNC2)n1)C1CCCN1. The van der Waals surface area contributed by atoms with Crippen LogP contribution in [0.4, 0.5) is 27.9 Å². The molecule has 0 saturated carbocycles. The highest BCUT2D eigenvalue weighted by molar-refractivity contribution is 5.57. The minimum atomic E-state index is -0.450. The van der Waals surface area contributed by atoms with Crippen LogP contribution in [0.3, 0.4) is 0 Å². The number of anilines is 4. The van der Waals surface area contributed by atoms with Gasteiger partial charge in [-0.15, -0.1) is 0 Å². The van der Waals surface area contributed by atoms with E-state index in [1.54, 1.807) is 12.1 Å². The van der Waals surface area contributed by atoms with E-state index in [-0.39, 0.29) is 17.8 Å². The quantitative estimate of drug-likeness (QED) is 0.410. The fraction of sp³-hybridized carbons (Fsp3) is 0.571. The molecule has 0 bridgehead atoms. The van der Waals surface area contributed by atoms with Crippen LogP contribution >= 0.6 is 0 Å². The normalized spacial score (nSPS) is 21.6. The molecule has 2 aliphatic heterocycles. The lowest BCUT2D eigenvalue weighted by Crippen LogP contribution is -2.40. The number of methoxy groups -OCH3 is 1. The summed E-state index contributed by atoms with van der Waals surface area (Å²) in [4.78, 5) is 13.7. The van der Waals surface area contributed by atoms with Crippen LogP contribution in [0, 0.1) is 5.82 Å². The van der Waals surface area contributed by atoms with Gasteiger partial charge in [-0.1, -0.05) is 6.92 Å². The summed E-state index contributed by atoms with van der Waals surface area (Å²) in [6, 6.07) is 5.53. The third-order valence-electron chi connectivity index (χ3n) is 5.78. The molecule has 168 valence electrons. The van der Waals surface area contributed by atoms with Crippen molar-refractivity contribution in [3.8, 4) is 5.75 Å².